The number of hydrogen-bond acceptors (Lipinski definition) is 6. The predicted molar refractivity (Wildman–Crippen MR) is 100 cm³/mol. The summed E-state index contributed by atoms with van der Waals surface area (Å²) in [5.74, 6) is 2.70. The Morgan fingerprint density at radius 1 is 1.31 bits per heavy atom. The highest BCUT2D eigenvalue weighted by molar-refractivity contribution is 5.57. The van der Waals surface area contributed by atoms with E-state index in [0.29, 0.717) is 18.9 Å². The topological polar surface area (TPSA) is 60.6 Å². The summed E-state index contributed by atoms with van der Waals surface area (Å²) in [6.45, 7) is 3.56. The van der Waals surface area contributed by atoms with Crippen LogP contribution in [0.5, 0.6) is 5.75 Å². The molecule has 3 rings (SSSR count). The average molecular weight is 357 g/mol. The van der Waals surface area contributed by atoms with Gasteiger partial charge in [0.2, 0.25) is 5.89 Å². The first kappa shape index (κ1) is 18.6. The molecule has 1 aliphatic rings. The number of piperidine rings is 1. The van der Waals surface area contributed by atoms with Crippen molar-refractivity contribution in [3.05, 3.63) is 47.6 Å². The van der Waals surface area contributed by atoms with E-state index in [1.807, 2.05) is 18.2 Å². The molecule has 1 saturated heterocycles. The second kappa shape index (κ2) is 9.50. The SMILES string of the molecule is COCCc1noc(C2CCCN(CC=Cc3ccccc3OC)C2)n1. The minimum Gasteiger partial charge on any atom is -0.496 e. The zero-order chi connectivity index (χ0) is 18.2. The maximum absolute atomic E-state index is 5.48. The number of para-hydroxylation sites is 1. The van der Waals surface area contributed by atoms with E-state index in [1.165, 1.54) is 0 Å². The van der Waals surface area contributed by atoms with Crippen molar-refractivity contribution in [2.45, 2.75) is 25.2 Å². The Hall–Kier alpha value is -2.18. The van der Waals surface area contributed by atoms with Gasteiger partial charge in [0.15, 0.2) is 5.82 Å². The number of benzene rings is 1. The number of ether oxygens (including phenoxy) is 2. The van der Waals surface area contributed by atoms with Crippen molar-refractivity contribution >= 4 is 6.08 Å². The van der Waals surface area contributed by atoms with Crippen molar-refractivity contribution in [2.24, 2.45) is 0 Å². The Bertz CT molecular complexity index is 714. The molecule has 0 amide bonds. The van der Waals surface area contributed by atoms with Crippen molar-refractivity contribution in [3.8, 4) is 5.75 Å². The molecule has 2 aromatic rings. The molecule has 0 spiro atoms. The molecule has 6 heteroatoms. The first-order valence-electron chi connectivity index (χ1n) is 9.13. The van der Waals surface area contributed by atoms with Crippen LogP contribution in [0.4, 0.5) is 0 Å². The Morgan fingerprint density at radius 3 is 3.04 bits per heavy atom. The van der Waals surface area contributed by atoms with Crippen LogP contribution in [0.3, 0.4) is 0 Å². The highest BCUT2D eigenvalue weighted by Crippen LogP contribution is 2.26. The van der Waals surface area contributed by atoms with Crippen molar-refractivity contribution in [2.75, 3.05) is 40.5 Å². The Morgan fingerprint density at radius 2 is 2.19 bits per heavy atom. The Labute approximate surface area is 154 Å². The molecular formula is C20H27N3O3. The summed E-state index contributed by atoms with van der Waals surface area (Å²) in [6, 6.07) is 8.05. The molecule has 0 radical (unpaired) electrons. The highest BCUT2D eigenvalue weighted by atomic mass is 16.5. The lowest BCUT2D eigenvalue weighted by atomic mass is 9.98. The third-order valence-corrected chi connectivity index (χ3v) is 4.67. The molecule has 1 unspecified atom stereocenters. The van der Waals surface area contributed by atoms with Gasteiger partial charge in [0, 0.05) is 32.2 Å². The maximum Gasteiger partial charge on any atom is 0.231 e. The number of hydrogen-bond donors (Lipinski definition) is 0. The van der Waals surface area contributed by atoms with Gasteiger partial charge in [0.1, 0.15) is 5.75 Å². The van der Waals surface area contributed by atoms with Gasteiger partial charge >= 0.3 is 0 Å². The van der Waals surface area contributed by atoms with Gasteiger partial charge < -0.3 is 14.0 Å². The molecule has 140 valence electrons. The van der Waals surface area contributed by atoms with Gasteiger partial charge in [-0.25, -0.2) is 0 Å². The van der Waals surface area contributed by atoms with E-state index >= 15 is 0 Å². The van der Waals surface area contributed by atoms with E-state index in [2.05, 4.69) is 33.3 Å². The summed E-state index contributed by atoms with van der Waals surface area (Å²) in [6.07, 6.45) is 7.25. The molecule has 1 aromatic heterocycles. The van der Waals surface area contributed by atoms with Gasteiger partial charge in [0.05, 0.1) is 19.6 Å². The van der Waals surface area contributed by atoms with Crippen molar-refractivity contribution in [1.82, 2.24) is 15.0 Å². The molecule has 0 saturated carbocycles. The fourth-order valence-corrected chi connectivity index (χ4v) is 3.28. The lowest BCUT2D eigenvalue weighted by molar-refractivity contribution is 0.198. The van der Waals surface area contributed by atoms with E-state index in [4.69, 9.17) is 14.0 Å². The Kier molecular flexibility index (Phi) is 6.80. The lowest BCUT2D eigenvalue weighted by Crippen LogP contribution is -2.34. The largest absolute Gasteiger partial charge is 0.496 e. The van der Waals surface area contributed by atoms with Crippen LogP contribution < -0.4 is 4.74 Å². The molecule has 2 heterocycles. The second-order valence-corrected chi connectivity index (χ2v) is 6.53. The van der Waals surface area contributed by atoms with E-state index in [1.54, 1.807) is 14.2 Å². The van der Waals surface area contributed by atoms with Crippen LogP contribution >= 0.6 is 0 Å². The standard InChI is InChI=1S/C20H27N3O3/c1-24-14-11-19-21-20(26-22-19)17-9-6-13-23(15-17)12-5-8-16-7-3-4-10-18(16)25-2/h3-5,7-8,10,17H,6,9,11-15H2,1-2H3. The average Bonchev–Trinajstić information content (AvgIpc) is 3.16. The van der Waals surface area contributed by atoms with Crippen LogP contribution in [0.25, 0.3) is 6.08 Å². The van der Waals surface area contributed by atoms with E-state index in [9.17, 15) is 0 Å². The molecule has 0 aliphatic carbocycles. The quantitative estimate of drug-likeness (QED) is 0.723. The molecule has 0 bridgehead atoms. The molecular weight excluding hydrogens is 330 g/mol. The van der Waals surface area contributed by atoms with Crippen LogP contribution in [0.15, 0.2) is 34.9 Å². The highest BCUT2D eigenvalue weighted by Gasteiger charge is 2.25. The number of rotatable bonds is 8. The molecule has 26 heavy (non-hydrogen) atoms. The van der Waals surface area contributed by atoms with Crippen LogP contribution in [0.1, 0.15) is 36.0 Å². The van der Waals surface area contributed by atoms with Crippen molar-refractivity contribution in [1.29, 1.82) is 0 Å². The van der Waals surface area contributed by atoms with Gasteiger partial charge in [-0.2, -0.15) is 4.98 Å². The van der Waals surface area contributed by atoms with E-state index in [-0.39, 0.29) is 0 Å². The summed E-state index contributed by atoms with van der Waals surface area (Å²) < 4.78 is 15.9. The third-order valence-electron chi connectivity index (χ3n) is 4.67. The molecule has 1 atom stereocenters. The van der Waals surface area contributed by atoms with Gasteiger partial charge in [-0.15, -0.1) is 0 Å². The molecule has 1 aromatic carbocycles. The predicted octanol–water partition coefficient (Wildman–Crippen LogP) is 3.16. The van der Waals surface area contributed by atoms with Crippen LogP contribution in [-0.2, 0) is 11.2 Å². The first-order valence-corrected chi connectivity index (χ1v) is 9.13. The van der Waals surface area contributed by atoms with Crippen molar-refractivity contribution < 1.29 is 14.0 Å². The maximum atomic E-state index is 5.48. The molecule has 0 N–H and O–H groups in total. The fraction of sp³-hybridized carbons (Fsp3) is 0.500. The number of nitrogens with zero attached hydrogens (tertiary/aromatic N) is 3. The summed E-state index contributed by atoms with van der Waals surface area (Å²) in [5, 5.41) is 4.06. The minimum atomic E-state index is 0.312. The second-order valence-electron chi connectivity index (χ2n) is 6.53. The zero-order valence-corrected chi connectivity index (χ0v) is 15.6. The van der Waals surface area contributed by atoms with E-state index < -0.39 is 0 Å². The Balaban J connectivity index is 1.55. The van der Waals surface area contributed by atoms with Gasteiger partial charge in [0.25, 0.3) is 0 Å². The van der Waals surface area contributed by atoms with Gasteiger partial charge in [-0.05, 0) is 25.5 Å². The first-order chi connectivity index (χ1) is 12.8. The van der Waals surface area contributed by atoms with Gasteiger partial charge in [-0.1, -0.05) is 35.5 Å². The number of likely N-dealkylation sites (tertiary alicyclic amines) is 1. The van der Waals surface area contributed by atoms with Crippen LogP contribution in [0.2, 0.25) is 0 Å². The fourth-order valence-electron chi connectivity index (χ4n) is 3.28. The smallest absolute Gasteiger partial charge is 0.231 e. The van der Waals surface area contributed by atoms with Crippen LogP contribution in [-0.4, -0.2) is 55.5 Å². The molecule has 1 fully saturated rings. The number of methoxy groups -OCH3 is 2. The summed E-state index contributed by atoms with van der Waals surface area (Å²) >= 11 is 0. The summed E-state index contributed by atoms with van der Waals surface area (Å²) in [7, 11) is 3.38. The monoisotopic (exact) mass is 357 g/mol. The minimum absolute atomic E-state index is 0.312. The lowest BCUT2D eigenvalue weighted by Gasteiger charge is -2.29. The molecule has 1 aliphatic heterocycles. The van der Waals surface area contributed by atoms with Crippen LogP contribution in [0, 0.1) is 0 Å². The third kappa shape index (κ3) is 4.93. The molecule has 6 nitrogen and oxygen atoms in total. The zero-order valence-electron chi connectivity index (χ0n) is 15.6. The summed E-state index contributed by atoms with van der Waals surface area (Å²) in [4.78, 5) is 6.97. The number of aromatic nitrogens is 2. The van der Waals surface area contributed by atoms with E-state index in [0.717, 1.165) is 55.5 Å². The van der Waals surface area contributed by atoms with Crippen molar-refractivity contribution in [3.63, 3.8) is 0 Å². The van der Waals surface area contributed by atoms with Gasteiger partial charge in [-0.3, -0.25) is 4.90 Å². The normalized spacial score (nSPS) is 18.5. The summed E-state index contributed by atoms with van der Waals surface area (Å²) in [5.41, 5.74) is 1.10.